The van der Waals surface area contributed by atoms with E-state index in [1.165, 1.54) is 11.6 Å². The van der Waals surface area contributed by atoms with Crippen LogP contribution in [0.4, 0.5) is 0 Å². The molecule has 1 aromatic carbocycles. The normalized spacial score (nSPS) is 12.4. The van der Waals surface area contributed by atoms with E-state index in [0.29, 0.717) is 6.42 Å². The Morgan fingerprint density at radius 3 is 2.48 bits per heavy atom. The lowest BCUT2D eigenvalue weighted by Crippen LogP contribution is -2.10. The number of aromatic amines is 1. The highest BCUT2D eigenvalue weighted by Crippen LogP contribution is 2.26. The molecular formula is C19H24N2O2. The molecule has 4 nitrogen and oxygen atoms in total. The molecule has 0 amide bonds. The Kier molecular flexibility index (Phi) is 5.37. The van der Waals surface area contributed by atoms with Gasteiger partial charge >= 0.3 is 5.97 Å². The molecule has 0 saturated carbocycles. The van der Waals surface area contributed by atoms with Gasteiger partial charge in [-0.15, -0.1) is 0 Å². The number of benzene rings is 1. The molecule has 0 unspecified atom stereocenters. The van der Waals surface area contributed by atoms with Gasteiger partial charge in [0.2, 0.25) is 0 Å². The van der Waals surface area contributed by atoms with E-state index in [-0.39, 0.29) is 5.41 Å². The fraction of sp³-hybridized carbons (Fsp3) is 0.368. The van der Waals surface area contributed by atoms with Gasteiger partial charge in [0.15, 0.2) is 0 Å². The van der Waals surface area contributed by atoms with Crippen LogP contribution in [0.5, 0.6) is 0 Å². The number of aryl methyl sites for hydroxylation is 1. The van der Waals surface area contributed by atoms with E-state index in [2.05, 4.69) is 42.9 Å². The second-order valence-electron chi connectivity index (χ2n) is 6.72. The lowest BCUT2D eigenvalue weighted by atomic mass is 9.86. The molecular weight excluding hydrogens is 288 g/mol. The van der Waals surface area contributed by atoms with Gasteiger partial charge in [-0.1, -0.05) is 45.0 Å². The zero-order chi connectivity index (χ0) is 16.9. The molecule has 122 valence electrons. The number of nitrogens with one attached hydrogen (secondary N) is 1. The molecule has 2 N–H and O–H groups in total. The third kappa shape index (κ3) is 5.09. The van der Waals surface area contributed by atoms with Crippen LogP contribution in [0.2, 0.25) is 0 Å². The van der Waals surface area contributed by atoms with Crippen molar-refractivity contribution in [2.45, 2.75) is 45.4 Å². The fourth-order valence-corrected chi connectivity index (χ4v) is 2.51. The van der Waals surface area contributed by atoms with Gasteiger partial charge in [-0.05, 0) is 35.0 Å². The van der Waals surface area contributed by atoms with E-state index < -0.39 is 5.97 Å². The molecule has 4 heteroatoms. The number of H-pyrrole nitrogens is 1. The van der Waals surface area contributed by atoms with Crippen LogP contribution in [0, 0.1) is 0 Å². The number of carboxylic acid groups (broad SMARTS) is 1. The fourth-order valence-electron chi connectivity index (χ4n) is 2.51. The van der Waals surface area contributed by atoms with Gasteiger partial charge in [-0.2, -0.15) is 0 Å². The highest BCUT2D eigenvalue weighted by Gasteiger charge is 2.13. The van der Waals surface area contributed by atoms with E-state index in [9.17, 15) is 4.79 Å². The molecule has 2 aromatic rings. The lowest BCUT2D eigenvalue weighted by molar-refractivity contribution is -0.131. The summed E-state index contributed by atoms with van der Waals surface area (Å²) in [6.45, 7) is 6.50. The second-order valence-corrected chi connectivity index (χ2v) is 6.72. The third-order valence-corrected chi connectivity index (χ3v) is 3.83. The minimum Gasteiger partial charge on any atom is -0.478 e. The summed E-state index contributed by atoms with van der Waals surface area (Å²) in [6.07, 6.45) is 7.22. The summed E-state index contributed by atoms with van der Waals surface area (Å²) in [5, 5.41) is 9.12. The number of nitrogens with zero attached hydrogens (tertiary/aromatic N) is 1. The molecule has 0 radical (unpaired) electrons. The molecule has 0 atom stereocenters. The Morgan fingerprint density at radius 1 is 1.26 bits per heavy atom. The van der Waals surface area contributed by atoms with E-state index >= 15 is 0 Å². The summed E-state index contributed by atoms with van der Waals surface area (Å²) >= 11 is 0. The number of hydrogen-bond acceptors (Lipinski definition) is 2. The van der Waals surface area contributed by atoms with Crippen molar-refractivity contribution < 1.29 is 9.90 Å². The molecule has 0 aliphatic carbocycles. The maximum Gasteiger partial charge on any atom is 0.328 e. The predicted octanol–water partition coefficient (Wildman–Crippen LogP) is 4.20. The van der Waals surface area contributed by atoms with E-state index in [1.807, 2.05) is 12.1 Å². The topological polar surface area (TPSA) is 66.0 Å². The smallest absolute Gasteiger partial charge is 0.328 e. The quantitative estimate of drug-likeness (QED) is 0.786. The lowest BCUT2D eigenvalue weighted by Gasteiger charge is -2.19. The van der Waals surface area contributed by atoms with Crippen LogP contribution >= 0.6 is 0 Å². The van der Waals surface area contributed by atoms with Gasteiger partial charge in [0.1, 0.15) is 5.82 Å². The number of allylic oxidation sites excluding steroid dienone is 1. The number of aliphatic carboxylic acids is 1. The minimum atomic E-state index is -0.905. The van der Waals surface area contributed by atoms with Crippen molar-refractivity contribution in [1.29, 1.82) is 0 Å². The zero-order valence-electron chi connectivity index (χ0n) is 14.0. The first-order valence-electron chi connectivity index (χ1n) is 7.89. The molecule has 0 fully saturated rings. The molecule has 1 heterocycles. The molecule has 0 aliphatic rings. The molecule has 0 aliphatic heterocycles. The Morgan fingerprint density at radius 2 is 1.96 bits per heavy atom. The number of rotatable bonds is 6. The Balaban J connectivity index is 2.10. The van der Waals surface area contributed by atoms with Crippen LogP contribution in [0.3, 0.4) is 0 Å². The van der Waals surface area contributed by atoms with Crippen molar-refractivity contribution in [1.82, 2.24) is 9.97 Å². The van der Waals surface area contributed by atoms with Crippen LogP contribution < -0.4 is 0 Å². The molecule has 0 bridgehead atoms. The van der Waals surface area contributed by atoms with Gasteiger partial charge in [-0.25, -0.2) is 9.78 Å². The van der Waals surface area contributed by atoms with Gasteiger partial charge in [-0.3, -0.25) is 0 Å². The SMILES string of the molecule is CC(C)(C)c1ccc(/C(=C/C(=O)O)CCCc2ncc[nH]2)cc1. The van der Waals surface area contributed by atoms with Crippen LogP contribution in [0.25, 0.3) is 5.57 Å². The predicted molar refractivity (Wildman–Crippen MR) is 92.3 cm³/mol. The van der Waals surface area contributed by atoms with Gasteiger partial charge in [0.25, 0.3) is 0 Å². The Hall–Kier alpha value is -2.36. The van der Waals surface area contributed by atoms with Crippen molar-refractivity contribution in [2.24, 2.45) is 0 Å². The number of imidazole rings is 1. The molecule has 23 heavy (non-hydrogen) atoms. The van der Waals surface area contributed by atoms with Gasteiger partial charge < -0.3 is 10.1 Å². The molecule has 0 saturated heterocycles. The summed E-state index contributed by atoms with van der Waals surface area (Å²) in [6, 6.07) is 8.19. The van der Waals surface area contributed by atoms with Crippen molar-refractivity contribution in [3.8, 4) is 0 Å². The molecule has 0 spiro atoms. The first-order chi connectivity index (χ1) is 10.9. The van der Waals surface area contributed by atoms with E-state index in [1.54, 1.807) is 12.4 Å². The maximum atomic E-state index is 11.1. The summed E-state index contributed by atoms with van der Waals surface area (Å²) in [7, 11) is 0. The summed E-state index contributed by atoms with van der Waals surface area (Å²) in [4.78, 5) is 18.4. The highest BCUT2D eigenvalue weighted by molar-refractivity contribution is 5.90. The molecule has 2 rings (SSSR count). The van der Waals surface area contributed by atoms with Crippen LogP contribution in [-0.2, 0) is 16.6 Å². The Bertz CT molecular complexity index is 662. The number of carbonyl (C=O) groups is 1. The maximum absolute atomic E-state index is 11.1. The number of hydrogen-bond donors (Lipinski definition) is 2. The van der Waals surface area contributed by atoms with Crippen LogP contribution in [0.15, 0.2) is 42.7 Å². The van der Waals surface area contributed by atoms with Crippen LogP contribution in [0.1, 0.15) is 50.6 Å². The van der Waals surface area contributed by atoms with E-state index in [0.717, 1.165) is 29.8 Å². The third-order valence-electron chi connectivity index (χ3n) is 3.83. The molecule has 1 aromatic heterocycles. The minimum absolute atomic E-state index is 0.0918. The zero-order valence-corrected chi connectivity index (χ0v) is 14.0. The van der Waals surface area contributed by atoms with Crippen molar-refractivity contribution >= 4 is 11.5 Å². The van der Waals surface area contributed by atoms with Gasteiger partial charge in [0, 0.05) is 24.9 Å². The Labute approximate surface area is 137 Å². The average molecular weight is 312 g/mol. The summed E-state index contributed by atoms with van der Waals surface area (Å²) < 4.78 is 0. The van der Waals surface area contributed by atoms with Gasteiger partial charge in [0.05, 0.1) is 0 Å². The largest absolute Gasteiger partial charge is 0.478 e. The van der Waals surface area contributed by atoms with Crippen molar-refractivity contribution in [2.75, 3.05) is 0 Å². The second kappa shape index (κ2) is 7.27. The monoisotopic (exact) mass is 312 g/mol. The highest BCUT2D eigenvalue weighted by atomic mass is 16.4. The van der Waals surface area contributed by atoms with E-state index in [4.69, 9.17) is 5.11 Å². The van der Waals surface area contributed by atoms with Crippen molar-refractivity contribution in [3.63, 3.8) is 0 Å². The first-order valence-corrected chi connectivity index (χ1v) is 7.89. The first kappa shape index (κ1) is 17.0. The van der Waals surface area contributed by atoms with Crippen molar-refractivity contribution in [3.05, 3.63) is 59.7 Å². The summed E-state index contributed by atoms with van der Waals surface area (Å²) in [5.41, 5.74) is 3.16. The number of aromatic nitrogens is 2. The van der Waals surface area contributed by atoms with Crippen LogP contribution in [-0.4, -0.2) is 21.0 Å². The standard InChI is InChI=1S/C19H24N2O2/c1-19(2,3)16-9-7-14(8-10-16)15(13-18(22)23)5-4-6-17-20-11-12-21-17/h7-13H,4-6H2,1-3H3,(H,20,21)(H,22,23)/b15-13+. The number of carboxylic acids is 1. The average Bonchev–Trinajstić information content (AvgIpc) is 2.98. The summed E-state index contributed by atoms with van der Waals surface area (Å²) in [5.74, 6) is 0.0284.